The van der Waals surface area contributed by atoms with Crippen molar-refractivity contribution in [3.8, 4) is 0 Å². The minimum absolute atomic E-state index is 0.190. The van der Waals surface area contributed by atoms with Gasteiger partial charge in [0, 0.05) is 47.3 Å². The number of carbonyl (C=O) groups is 1. The number of piperidine rings is 2. The van der Waals surface area contributed by atoms with Crippen molar-refractivity contribution in [2.24, 2.45) is 0 Å². The molecule has 5 heteroatoms. The smallest absolute Gasteiger partial charge is 0.226 e. The predicted molar refractivity (Wildman–Crippen MR) is 121 cm³/mol. The lowest BCUT2D eigenvalue weighted by atomic mass is 9.82. The average molecular weight is 431 g/mol. The SMILES string of the molecule is CCC(=O)N(c1ccc(Cl)cc1)[C@@H]1CCN2C[C@@H](c3ccccc3Cl)CC[C@@H]2C1. The third-order valence-corrected chi connectivity index (χ3v) is 7.10. The highest BCUT2D eigenvalue weighted by Crippen LogP contribution is 2.38. The first-order valence-corrected chi connectivity index (χ1v) is 11.4. The Bertz CT molecular complexity index is 854. The van der Waals surface area contributed by atoms with Gasteiger partial charge in [-0.15, -0.1) is 0 Å². The molecule has 2 aromatic rings. The van der Waals surface area contributed by atoms with Crippen LogP contribution < -0.4 is 4.90 Å². The summed E-state index contributed by atoms with van der Waals surface area (Å²) in [5, 5.41) is 1.58. The molecule has 4 rings (SSSR count). The molecule has 29 heavy (non-hydrogen) atoms. The summed E-state index contributed by atoms with van der Waals surface area (Å²) in [5.74, 6) is 0.691. The topological polar surface area (TPSA) is 23.6 Å². The lowest BCUT2D eigenvalue weighted by Crippen LogP contribution is -2.54. The minimum atomic E-state index is 0.190. The lowest BCUT2D eigenvalue weighted by molar-refractivity contribution is -0.119. The molecule has 0 aliphatic carbocycles. The van der Waals surface area contributed by atoms with Gasteiger partial charge in [0.15, 0.2) is 0 Å². The van der Waals surface area contributed by atoms with Crippen molar-refractivity contribution < 1.29 is 4.79 Å². The maximum Gasteiger partial charge on any atom is 0.226 e. The average Bonchev–Trinajstić information content (AvgIpc) is 2.75. The van der Waals surface area contributed by atoms with Crippen molar-refractivity contribution in [1.29, 1.82) is 0 Å². The van der Waals surface area contributed by atoms with Gasteiger partial charge < -0.3 is 4.90 Å². The molecule has 2 aliphatic heterocycles. The molecule has 2 aliphatic rings. The highest BCUT2D eigenvalue weighted by molar-refractivity contribution is 6.31. The second-order valence-corrected chi connectivity index (χ2v) is 9.06. The molecular weight excluding hydrogens is 403 g/mol. The fraction of sp³-hybridized carbons (Fsp3) is 0.458. The number of halogens is 2. The van der Waals surface area contributed by atoms with E-state index in [4.69, 9.17) is 23.2 Å². The second kappa shape index (κ2) is 9.07. The van der Waals surface area contributed by atoms with E-state index in [0.717, 1.165) is 49.5 Å². The molecule has 0 spiro atoms. The zero-order chi connectivity index (χ0) is 20.4. The molecule has 0 N–H and O–H groups in total. The third kappa shape index (κ3) is 4.47. The molecule has 2 heterocycles. The fourth-order valence-corrected chi connectivity index (χ4v) is 5.43. The standard InChI is InChI=1S/C24H28Cl2N2O/c1-2-24(29)28(19-11-8-18(25)9-12-19)21-13-14-27-16-17(7-10-20(27)15-21)22-5-3-4-6-23(22)26/h3-6,8-9,11-12,17,20-21H,2,7,10,13-16H2,1H3/t17-,20+,21+/m0/s1. The Morgan fingerprint density at radius 1 is 1.07 bits per heavy atom. The molecule has 1 amide bonds. The molecule has 3 nitrogen and oxygen atoms in total. The number of rotatable bonds is 4. The number of carbonyl (C=O) groups excluding carboxylic acids is 1. The first-order valence-electron chi connectivity index (χ1n) is 10.6. The van der Waals surface area contributed by atoms with Gasteiger partial charge in [-0.1, -0.05) is 48.3 Å². The van der Waals surface area contributed by atoms with Gasteiger partial charge in [-0.2, -0.15) is 0 Å². The Kier molecular flexibility index (Phi) is 6.48. The van der Waals surface area contributed by atoms with Crippen LogP contribution in [0.15, 0.2) is 48.5 Å². The third-order valence-electron chi connectivity index (χ3n) is 6.50. The van der Waals surface area contributed by atoms with Crippen LogP contribution in [0.2, 0.25) is 10.0 Å². The summed E-state index contributed by atoms with van der Waals surface area (Å²) in [6.07, 6.45) is 4.85. The molecular formula is C24H28Cl2N2O. The number of fused-ring (bicyclic) bond motifs is 1. The minimum Gasteiger partial charge on any atom is -0.309 e. The van der Waals surface area contributed by atoms with Gasteiger partial charge in [0.05, 0.1) is 0 Å². The number of anilines is 1. The molecule has 3 atom stereocenters. The van der Waals surface area contributed by atoms with Crippen LogP contribution in [-0.2, 0) is 4.79 Å². The van der Waals surface area contributed by atoms with Crippen LogP contribution in [0.25, 0.3) is 0 Å². The van der Waals surface area contributed by atoms with E-state index in [9.17, 15) is 4.79 Å². The van der Waals surface area contributed by atoms with E-state index in [0.29, 0.717) is 23.4 Å². The molecule has 0 saturated carbocycles. The quantitative estimate of drug-likeness (QED) is 0.580. The molecule has 154 valence electrons. The van der Waals surface area contributed by atoms with Crippen molar-refractivity contribution in [2.45, 2.75) is 57.0 Å². The van der Waals surface area contributed by atoms with Gasteiger partial charge in [-0.3, -0.25) is 9.69 Å². The summed E-state index contributed by atoms with van der Waals surface area (Å²) in [4.78, 5) is 17.4. The second-order valence-electron chi connectivity index (χ2n) is 8.22. The van der Waals surface area contributed by atoms with Gasteiger partial charge in [0.1, 0.15) is 0 Å². The Morgan fingerprint density at radius 2 is 1.83 bits per heavy atom. The van der Waals surface area contributed by atoms with Crippen LogP contribution in [-0.4, -0.2) is 36.0 Å². The first kappa shape index (κ1) is 20.7. The monoisotopic (exact) mass is 430 g/mol. The van der Waals surface area contributed by atoms with E-state index < -0.39 is 0 Å². The molecule has 0 aromatic heterocycles. The van der Waals surface area contributed by atoms with E-state index in [1.54, 1.807) is 0 Å². The molecule has 0 unspecified atom stereocenters. The van der Waals surface area contributed by atoms with Crippen LogP contribution >= 0.6 is 23.2 Å². The summed E-state index contributed by atoms with van der Waals surface area (Å²) >= 11 is 12.5. The van der Waals surface area contributed by atoms with E-state index in [1.807, 2.05) is 48.2 Å². The van der Waals surface area contributed by atoms with E-state index in [-0.39, 0.29) is 11.9 Å². The first-order chi connectivity index (χ1) is 14.1. The van der Waals surface area contributed by atoms with Crippen molar-refractivity contribution in [2.75, 3.05) is 18.0 Å². The van der Waals surface area contributed by atoms with Crippen molar-refractivity contribution in [1.82, 2.24) is 4.90 Å². The summed E-state index contributed by atoms with van der Waals surface area (Å²) < 4.78 is 0. The van der Waals surface area contributed by atoms with E-state index in [2.05, 4.69) is 17.0 Å². The zero-order valence-electron chi connectivity index (χ0n) is 16.9. The largest absolute Gasteiger partial charge is 0.309 e. The van der Waals surface area contributed by atoms with Crippen LogP contribution in [0.3, 0.4) is 0 Å². The van der Waals surface area contributed by atoms with Crippen LogP contribution in [0.5, 0.6) is 0 Å². The highest BCUT2D eigenvalue weighted by atomic mass is 35.5. The van der Waals surface area contributed by atoms with Crippen LogP contribution in [0.1, 0.15) is 50.5 Å². The maximum absolute atomic E-state index is 12.8. The lowest BCUT2D eigenvalue weighted by Gasteiger charge is -2.47. The Labute approximate surface area is 183 Å². The summed E-state index contributed by atoms with van der Waals surface area (Å²) in [6, 6.07) is 16.7. The molecule has 2 saturated heterocycles. The maximum atomic E-state index is 12.8. The summed E-state index contributed by atoms with van der Waals surface area (Å²) in [7, 11) is 0. The van der Waals surface area contributed by atoms with Gasteiger partial charge in [0.2, 0.25) is 5.91 Å². The van der Waals surface area contributed by atoms with Gasteiger partial charge >= 0.3 is 0 Å². The Morgan fingerprint density at radius 3 is 2.55 bits per heavy atom. The number of amides is 1. The van der Waals surface area contributed by atoms with Crippen molar-refractivity contribution in [3.05, 3.63) is 64.1 Å². The highest BCUT2D eigenvalue weighted by Gasteiger charge is 2.37. The number of nitrogens with zero attached hydrogens (tertiary/aromatic N) is 2. The molecule has 2 fully saturated rings. The van der Waals surface area contributed by atoms with Gasteiger partial charge in [-0.25, -0.2) is 0 Å². The summed E-state index contributed by atoms with van der Waals surface area (Å²) in [5.41, 5.74) is 2.24. The van der Waals surface area contributed by atoms with Crippen molar-refractivity contribution in [3.63, 3.8) is 0 Å². The Hall–Kier alpha value is -1.55. The van der Waals surface area contributed by atoms with E-state index in [1.165, 1.54) is 5.56 Å². The van der Waals surface area contributed by atoms with E-state index >= 15 is 0 Å². The zero-order valence-corrected chi connectivity index (χ0v) is 18.4. The number of hydrogen-bond donors (Lipinski definition) is 0. The normalized spacial score (nSPS) is 24.7. The predicted octanol–water partition coefficient (Wildman–Crippen LogP) is 6.15. The molecule has 2 aromatic carbocycles. The number of hydrogen-bond acceptors (Lipinski definition) is 2. The molecule has 0 bridgehead atoms. The number of benzene rings is 2. The molecule has 0 radical (unpaired) electrons. The summed E-state index contributed by atoms with van der Waals surface area (Å²) in [6.45, 7) is 4.02. The van der Waals surface area contributed by atoms with Crippen LogP contribution in [0, 0.1) is 0 Å². The van der Waals surface area contributed by atoms with Gasteiger partial charge in [0.25, 0.3) is 0 Å². The fourth-order valence-electron chi connectivity index (χ4n) is 5.01. The van der Waals surface area contributed by atoms with Gasteiger partial charge in [-0.05, 0) is 67.5 Å². The van der Waals surface area contributed by atoms with Crippen molar-refractivity contribution >= 4 is 34.8 Å². The van der Waals surface area contributed by atoms with Crippen LogP contribution in [0.4, 0.5) is 5.69 Å². The Balaban J connectivity index is 1.47.